The van der Waals surface area contributed by atoms with Crippen molar-refractivity contribution in [2.24, 2.45) is 0 Å². The Kier molecular flexibility index (Phi) is 4.44. The fourth-order valence-corrected chi connectivity index (χ4v) is 1.54. The number of nitrogens with one attached hydrogen (secondary N) is 1. The Hall–Kier alpha value is -1.05. The van der Waals surface area contributed by atoms with Crippen LogP contribution in [0.1, 0.15) is 6.42 Å². The molecule has 0 aromatic rings. The summed E-state index contributed by atoms with van der Waals surface area (Å²) in [6, 6.07) is 0. The van der Waals surface area contributed by atoms with E-state index in [4.69, 9.17) is 11.2 Å². The van der Waals surface area contributed by atoms with Crippen LogP contribution in [0.15, 0.2) is 0 Å². The molecule has 0 aromatic heterocycles. The lowest BCUT2D eigenvalue weighted by Gasteiger charge is -2.14. The molecule has 0 radical (unpaired) electrons. The van der Waals surface area contributed by atoms with Gasteiger partial charge in [-0.05, 0) is 6.42 Å². The van der Waals surface area contributed by atoms with Crippen LogP contribution in [0.3, 0.4) is 0 Å². The highest BCUT2D eigenvalue weighted by molar-refractivity contribution is 5.78. The van der Waals surface area contributed by atoms with Gasteiger partial charge in [-0.25, -0.2) is 0 Å². The van der Waals surface area contributed by atoms with Crippen LogP contribution in [0.25, 0.3) is 0 Å². The summed E-state index contributed by atoms with van der Waals surface area (Å²) in [5.41, 5.74) is 0. The normalized spacial score (nSPS) is 21.9. The molecule has 1 rings (SSSR count). The molecule has 1 unspecified atom stereocenters. The lowest BCUT2D eigenvalue weighted by Crippen LogP contribution is -2.36. The van der Waals surface area contributed by atoms with E-state index in [1.54, 1.807) is 7.11 Å². The summed E-state index contributed by atoms with van der Waals surface area (Å²) in [5.74, 6) is 2.35. The smallest absolute Gasteiger partial charge is 0.234 e. The van der Waals surface area contributed by atoms with Gasteiger partial charge in [-0.3, -0.25) is 9.69 Å². The number of hydrogen-bond acceptors (Lipinski definition) is 3. The Morgan fingerprint density at radius 2 is 2.57 bits per heavy atom. The van der Waals surface area contributed by atoms with E-state index in [9.17, 15) is 4.79 Å². The number of ether oxygens (including phenoxy) is 1. The first-order valence-electron chi connectivity index (χ1n) is 4.71. The van der Waals surface area contributed by atoms with Crippen molar-refractivity contribution in [1.29, 1.82) is 0 Å². The van der Waals surface area contributed by atoms with Gasteiger partial charge in [0.15, 0.2) is 0 Å². The van der Waals surface area contributed by atoms with Gasteiger partial charge in [0.1, 0.15) is 0 Å². The monoisotopic (exact) mass is 196 g/mol. The molecule has 4 heteroatoms. The van der Waals surface area contributed by atoms with Gasteiger partial charge in [0.25, 0.3) is 0 Å². The van der Waals surface area contributed by atoms with Crippen LogP contribution in [0.5, 0.6) is 0 Å². The molecule has 1 amide bonds. The average Bonchev–Trinajstić information content (AvgIpc) is 2.62. The number of methoxy groups -OCH3 is 1. The molecule has 1 aliphatic heterocycles. The number of likely N-dealkylation sites (tertiary alicyclic amines) is 1. The first-order chi connectivity index (χ1) is 6.76. The molecular weight excluding hydrogens is 180 g/mol. The second-order valence-corrected chi connectivity index (χ2v) is 3.36. The molecule has 1 N–H and O–H groups in total. The zero-order valence-electron chi connectivity index (χ0n) is 8.45. The van der Waals surface area contributed by atoms with E-state index in [1.165, 1.54) is 0 Å². The number of hydrogen-bond donors (Lipinski definition) is 1. The standard InChI is InChI=1S/C10H16N2O2/c1-3-5-11-10(13)8-12-6-4-9(7-12)14-2/h1,9H,4-8H2,2H3,(H,11,13). The van der Waals surface area contributed by atoms with Crippen molar-refractivity contribution >= 4 is 5.91 Å². The van der Waals surface area contributed by atoms with Crippen LogP contribution < -0.4 is 5.32 Å². The Balaban J connectivity index is 2.19. The summed E-state index contributed by atoms with van der Waals surface area (Å²) in [7, 11) is 1.70. The summed E-state index contributed by atoms with van der Waals surface area (Å²) < 4.78 is 5.20. The van der Waals surface area contributed by atoms with Crippen molar-refractivity contribution in [2.45, 2.75) is 12.5 Å². The number of carbonyl (C=O) groups is 1. The SMILES string of the molecule is C#CCNC(=O)CN1CCC(OC)C1. The van der Waals surface area contributed by atoms with Gasteiger partial charge < -0.3 is 10.1 Å². The van der Waals surface area contributed by atoms with Gasteiger partial charge in [-0.1, -0.05) is 5.92 Å². The van der Waals surface area contributed by atoms with Crippen LogP contribution in [-0.2, 0) is 9.53 Å². The topological polar surface area (TPSA) is 41.6 Å². The van der Waals surface area contributed by atoms with Crippen molar-refractivity contribution in [3.63, 3.8) is 0 Å². The van der Waals surface area contributed by atoms with E-state index >= 15 is 0 Å². The minimum atomic E-state index is -0.0142. The lowest BCUT2D eigenvalue weighted by atomic mass is 10.3. The molecule has 78 valence electrons. The van der Waals surface area contributed by atoms with Crippen molar-refractivity contribution in [3.05, 3.63) is 0 Å². The third-order valence-electron chi connectivity index (χ3n) is 2.32. The minimum absolute atomic E-state index is 0.0142. The molecule has 1 saturated heterocycles. The minimum Gasteiger partial charge on any atom is -0.380 e. The lowest BCUT2D eigenvalue weighted by molar-refractivity contribution is -0.121. The third-order valence-corrected chi connectivity index (χ3v) is 2.32. The molecule has 1 aliphatic rings. The summed E-state index contributed by atoms with van der Waals surface area (Å²) in [4.78, 5) is 13.3. The maximum Gasteiger partial charge on any atom is 0.234 e. The van der Waals surface area contributed by atoms with E-state index in [0.29, 0.717) is 13.1 Å². The zero-order chi connectivity index (χ0) is 10.4. The average molecular weight is 196 g/mol. The molecule has 0 saturated carbocycles. The highest BCUT2D eigenvalue weighted by atomic mass is 16.5. The largest absolute Gasteiger partial charge is 0.380 e. The number of carbonyl (C=O) groups excluding carboxylic acids is 1. The van der Waals surface area contributed by atoms with E-state index in [-0.39, 0.29) is 12.0 Å². The van der Waals surface area contributed by atoms with E-state index in [0.717, 1.165) is 19.5 Å². The quantitative estimate of drug-likeness (QED) is 0.614. The Labute approximate surface area is 84.6 Å². The third kappa shape index (κ3) is 3.36. The maximum atomic E-state index is 11.3. The molecule has 0 spiro atoms. The maximum absolute atomic E-state index is 11.3. The highest BCUT2D eigenvalue weighted by Crippen LogP contribution is 2.10. The molecule has 1 fully saturated rings. The van der Waals surface area contributed by atoms with Crippen LogP contribution in [0, 0.1) is 12.3 Å². The molecule has 0 bridgehead atoms. The van der Waals surface area contributed by atoms with Crippen LogP contribution >= 0.6 is 0 Å². The predicted molar refractivity (Wildman–Crippen MR) is 53.7 cm³/mol. The number of rotatable bonds is 4. The van der Waals surface area contributed by atoms with Gasteiger partial charge in [0, 0.05) is 20.2 Å². The summed E-state index contributed by atoms with van der Waals surface area (Å²) in [5, 5.41) is 2.63. The van der Waals surface area contributed by atoms with Gasteiger partial charge in [-0.2, -0.15) is 0 Å². The van der Waals surface area contributed by atoms with Gasteiger partial charge in [0.2, 0.25) is 5.91 Å². The predicted octanol–water partition coefficient (Wildman–Crippen LogP) is -0.543. The summed E-state index contributed by atoms with van der Waals surface area (Å²) >= 11 is 0. The second-order valence-electron chi connectivity index (χ2n) is 3.36. The fraction of sp³-hybridized carbons (Fsp3) is 0.700. The zero-order valence-corrected chi connectivity index (χ0v) is 8.45. The van der Waals surface area contributed by atoms with Crippen molar-refractivity contribution in [2.75, 3.05) is 33.3 Å². The fourth-order valence-electron chi connectivity index (χ4n) is 1.54. The summed E-state index contributed by atoms with van der Waals surface area (Å²) in [6.45, 7) is 2.48. The van der Waals surface area contributed by atoms with E-state index < -0.39 is 0 Å². The Morgan fingerprint density at radius 1 is 1.79 bits per heavy atom. The van der Waals surface area contributed by atoms with Gasteiger partial charge in [-0.15, -0.1) is 6.42 Å². The summed E-state index contributed by atoms with van der Waals surface area (Å²) in [6.07, 6.45) is 6.30. The molecule has 1 heterocycles. The molecular formula is C10H16N2O2. The van der Waals surface area contributed by atoms with Crippen LogP contribution in [0.4, 0.5) is 0 Å². The van der Waals surface area contributed by atoms with Crippen LogP contribution in [-0.4, -0.2) is 50.2 Å². The number of terminal acetylenes is 1. The van der Waals surface area contributed by atoms with E-state index in [2.05, 4.69) is 16.1 Å². The highest BCUT2D eigenvalue weighted by Gasteiger charge is 2.23. The Bertz CT molecular complexity index is 235. The molecule has 0 aromatic carbocycles. The number of nitrogens with zero attached hydrogens (tertiary/aromatic N) is 1. The van der Waals surface area contributed by atoms with Crippen molar-refractivity contribution in [3.8, 4) is 12.3 Å². The molecule has 14 heavy (non-hydrogen) atoms. The van der Waals surface area contributed by atoms with Crippen LogP contribution in [0.2, 0.25) is 0 Å². The molecule has 4 nitrogen and oxygen atoms in total. The molecule has 1 atom stereocenters. The van der Waals surface area contributed by atoms with Gasteiger partial charge in [0.05, 0.1) is 19.2 Å². The van der Waals surface area contributed by atoms with Gasteiger partial charge >= 0.3 is 0 Å². The van der Waals surface area contributed by atoms with Crippen molar-refractivity contribution in [1.82, 2.24) is 10.2 Å². The first-order valence-corrected chi connectivity index (χ1v) is 4.71. The van der Waals surface area contributed by atoms with E-state index in [1.807, 2.05) is 0 Å². The molecule has 0 aliphatic carbocycles. The Morgan fingerprint density at radius 3 is 3.14 bits per heavy atom. The first kappa shape index (κ1) is 11.0. The number of amides is 1. The second kappa shape index (κ2) is 5.63. The van der Waals surface area contributed by atoms with Crippen molar-refractivity contribution < 1.29 is 9.53 Å².